The van der Waals surface area contributed by atoms with Crippen LogP contribution in [-0.2, 0) is 9.37 Å². The minimum atomic E-state index is 0.0101. The predicted octanol–water partition coefficient (Wildman–Crippen LogP) is 2.32. The smallest absolute Gasteiger partial charge is 0.159 e. The fourth-order valence-corrected chi connectivity index (χ4v) is 1.16. The zero-order valence-corrected chi connectivity index (χ0v) is 7.71. The average Bonchev–Trinajstić information content (AvgIpc) is 2.15. The molecule has 0 spiro atoms. The lowest BCUT2D eigenvalue weighted by Gasteiger charge is -1.98. The van der Waals surface area contributed by atoms with Crippen LogP contribution >= 0.6 is 12.0 Å². The number of ketones is 1. The summed E-state index contributed by atoms with van der Waals surface area (Å²) in [4.78, 5) is 11.6. The Balaban J connectivity index is 2.64. The summed E-state index contributed by atoms with van der Waals surface area (Å²) in [7, 11) is 0. The lowest BCUT2D eigenvalue weighted by molar-refractivity contribution is -0.432. The molecule has 0 fully saturated rings. The Bertz CT molecular complexity index is 283. The highest BCUT2D eigenvalue weighted by atomic mass is 32.2. The maximum absolute atomic E-state index is 10.9. The van der Waals surface area contributed by atoms with Gasteiger partial charge in [0, 0.05) is 10.5 Å². The van der Waals surface area contributed by atoms with Crippen molar-refractivity contribution in [1.29, 1.82) is 0 Å². The predicted molar refractivity (Wildman–Crippen MR) is 47.1 cm³/mol. The molecule has 5 heteroatoms. The van der Waals surface area contributed by atoms with E-state index >= 15 is 0 Å². The third kappa shape index (κ3) is 3.16. The maximum atomic E-state index is 10.9. The number of hydrogen-bond donors (Lipinski definition) is 1. The minimum Gasteiger partial charge on any atom is -0.295 e. The van der Waals surface area contributed by atoms with E-state index < -0.39 is 0 Å². The molecule has 0 saturated carbocycles. The summed E-state index contributed by atoms with van der Waals surface area (Å²) >= 11 is 0.857. The van der Waals surface area contributed by atoms with E-state index in [-0.39, 0.29) is 5.78 Å². The van der Waals surface area contributed by atoms with Gasteiger partial charge in [-0.05, 0) is 19.1 Å². The van der Waals surface area contributed by atoms with Crippen LogP contribution in [0.1, 0.15) is 17.3 Å². The van der Waals surface area contributed by atoms with Crippen LogP contribution in [0.25, 0.3) is 0 Å². The normalized spacial score (nSPS) is 10.0. The summed E-state index contributed by atoms with van der Waals surface area (Å²) in [6.45, 7) is 1.50. The second-order valence-corrected chi connectivity index (χ2v) is 3.08. The SMILES string of the molecule is CC(=O)c1ccc(SOOO)cc1. The van der Waals surface area contributed by atoms with Crippen molar-refractivity contribution in [2.45, 2.75) is 11.8 Å². The van der Waals surface area contributed by atoms with Crippen LogP contribution in [0.4, 0.5) is 0 Å². The molecule has 0 aliphatic rings. The number of hydrogen-bond acceptors (Lipinski definition) is 5. The van der Waals surface area contributed by atoms with Gasteiger partial charge in [0.25, 0.3) is 0 Å². The number of rotatable bonds is 4. The van der Waals surface area contributed by atoms with Crippen LogP contribution in [-0.4, -0.2) is 11.0 Å². The standard InChI is InChI=1S/C8H8O4S/c1-6(9)7-2-4-8(5-3-7)13-12-11-10/h2-5,10H,1H3. The molecule has 0 aliphatic heterocycles. The van der Waals surface area contributed by atoms with Crippen molar-refractivity contribution in [2.24, 2.45) is 0 Å². The number of carbonyl (C=O) groups is 1. The van der Waals surface area contributed by atoms with Crippen LogP contribution in [0.3, 0.4) is 0 Å². The van der Waals surface area contributed by atoms with Crippen LogP contribution < -0.4 is 0 Å². The van der Waals surface area contributed by atoms with Gasteiger partial charge in [-0.1, -0.05) is 17.2 Å². The van der Waals surface area contributed by atoms with Gasteiger partial charge in [0.05, 0.1) is 12.0 Å². The Morgan fingerprint density at radius 1 is 1.38 bits per heavy atom. The van der Waals surface area contributed by atoms with E-state index in [0.717, 1.165) is 16.9 Å². The lowest BCUT2D eigenvalue weighted by atomic mass is 10.2. The molecule has 0 aliphatic carbocycles. The topological polar surface area (TPSA) is 55.8 Å². The molecule has 0 atom stereocenters. The van der Waals surface area contributed by atoms with Crippen molar-refractivity contribution < 1.29 is 19.4 Å². The molecular weight excluding hydrogens is 192 g/mol. The van der Waals surface area contributed by atoms with Crippen LogP contribution in [0.15, 0.2) is 29.2 Å². The van der Waals surface area contributed by atoms with E-state index in [0.29, 0.717) is 5.56 Å². The van der Waals surface area contributed by atoms with Crippen molar-refractivity contribution in [2.75, 3.05) is 0 Å². The molecular formula is C8H8O4S. The number of benzene rings is 1. The molecule has 13 heavy (non-hydrogen) atoms. The van der Waals surface area contributed by atoms with Crippen molar-refractivity contribution in [3.8, 4) is 0 Å². The summed E-state index contributed by atoms with van der Waals surface area (Å²) < 4.78 is 4.21. The van der Waals surface area contributed by atoms with Gasteiger partial charge < -0.3 is 0 Å². The van der Waals surface area contributed by atoms with Crippen LogP contribution in [0.2, 0.25) is 0 Å². The molecule has 1 aromatic rings. The van der Waals surface area contributed by atoms with Gasteiger partial charge in [-0.25, -0.2) is 5.26 Å². The summed E-state index contributed by atoms with van der Waals surface area (Å²) in [5.74, 6) is 0.0101. The molecule has 70 valence electrons. The first-order chi connectivity index (χ1) is 6.24. The largest absolute Gasteiger partial charge is 0.295 e. The van der Waals surface area contributed by atoms with E-state index in [1.807, 2.05) is 0 Å². The molecule has 1 rings (SSSR count). The second kappa shape index (κ2) is 4.98. The van der Waals surface area contributed by atoms with Crippen LogP contribution in [0, 0.1) is 0 Å². The quantitative estimate of drug-likeness (QED) is 0.350. The van der Waals surface area contributed by atoms with Gasteiger partial charge in [-0.15, -0.1) is 4.33 Å². The molecule has 1 N–H and O–H groups in total. The van der Waals surface area contributed by atoms with Crippen LogP contribution in [0.5, 0.6) is 0 Å². The van der Waals surface area contributed by atoms with Gasteiger partial charge in [-0.2, -0.15) is 0 Å². The third-order valence-electron chi connectivity index (χ3n) is 1.42. The highest BCUT2D eigenvalue weighted by molar-refractivity contribution is 7.94. The van der Waals surface area contributed by atoms with Gasteiger partial charge in [0.1, 0.15) is 0 Å². The zero-order chi connectivity index (χ0) is 9.68. The summed E-state index contributed by atoms with van der Waals surface area (Å²) in [5, 5.41) is 11.3. The highest BCUT2D eigenvalue weighted by Gasteiger charge is 1.99. The molecule has 0 unspecified atom stereocenters. The Hall–Kier alpha value is -0.880. The Kier molecular flexibility index (Phi) is 3.91. The summed E-state index contributed by atoms with van der Waals surface area (Å²) in [6.07, 6.45) is 0. The van der Waals surface area contributed by atoms with Crippen molar-refractivity contribution in [1.82, 2.24) is 0 Å². The van der Waals surface area contributed by atoms with Crippen molar-refractivity contribution in [3.05, 3.63) is 29.8 Å². The van der Waals surface area contributed by atoms with Gasteiger partial charge in [-0.3, -0.25) is 4.79 Å². The molecule has 0 heterocycles. The molecule has 0 bridgehead atoms. The van der Waals surface area contributed by atoms with E-state index in [1.54, 1.807) is 24.3 Å². The van der Waals surface area contributed by atoms with Crippen molar-refractivity contribution in [3.63, 3.8) is 0 Å². The number of carbonyl (C=O) groups excluding carboxylic acids is 1. The van der Waals surface area contributed by atoms with Gasteiger partial charge in [0.15, 0.2) is 5.78 Å². The van der Waals surface area contributed by atoms with E-state index in [4.69, 9.17) is 5.26 Å². The first kappa shape index (κ1) is 10.2. The van der Waals surface area contributed by atoms with Crippen molar-refractivity contribution >= 4 is 17.8 Å². The fourth-order valence-electron chi connectivity index (χ4n) is 0.800. The lowest BCUT2D eigenvalue weighted by Crippen LogP contribution is -1.90. The Morgan fingerprint density at radius 3 is 2.46 bits per heavy atom. The Labute approximate surface area is 79.5 Å². The monoisotopic (exact) mass is 200 g/mol. The van der Waals surface area contributed by atoms with E-state index in [2.05, 4.69) is 9.37 Å². The van der Waals surface area contributed by atoms with Gasteiger partial charge in [0.2, 0.25) is 0 Å². The fraction of sp³-hybridized carbons (Fsp3) is 0.125. The molecule has 0 aromatic heterocycles. The molecule has 0 amide bonds. The average molecular weight is 200 g/mol. The first-order valence-corrected chi connectivity index (χ1v) is 4.24. The Morgan fingerprint density at radius 2 is 2.00 bits per heavy atom. The second-order valence-electron chi connectivity index (χ2n) is 2.31. The summed E-state index contributed by atoms with van der Waals surface area (Å²) in [6, 6.07) is 6.73. The molecule has 0 radical (unpaired) electrons. The third-order valence-corrected chi connectivity index (χ3v) is 2.02. The molecule has 0 saturated heterocycles. The van der Waals surface area contributed by atoms with Gasteiger partial charge >= 0.3 is 0 Å². The van der Waals surface area contributed by atoms with E-state index in [1.165, 1.54) is 6.92 Å². The highest BCUT2D eigenvalue weighted by Crippen LogP contribution is 2.19. The molecule has 4 nitrogen and oxygen atoms in total. The van der Waals surface area contributed by atoms with E-state index in [9.17, 15) is 4.79 Å². The maximum Gasteiger partial charge on any atom is 0.159 e. The molecule has 1 aromatic carbocycles. The minimum absolute atomic E-state index is 0.0101. The zero-order valence-electron chi connectivity index (χ0n) is 6.89. The first-order valence-electron chi connectivity index (χ1n) is 3.50. The number of Topliss-reactive ketones (excluding diaryl/α,β-unsaturated/α-hetero) is 1. The summed E-state index contributed by atoms with van der Waals surface area (Å²) in [5.41, 5.74) is 0.634.